The fraction of sp³-hybridized carbons (Fsp3) is 0.0769. The van der Waals surface area contributed by atoms with Gasteiger partial charge in [0.15, 0.2) is 11.6 Å². The zero-order chi connectivity index (χ0) is 14.0. The second kappa shape index (κ2) is 5.01. The maximum atomic E-state index is 13.2. The molecule has 0 bridgehead atoms. The summed E-state index contributed by atoms with van der Waals surface area (Å²) < 4.78 is 31.1. The molecule has 0 unspecified atom stereocenters. The molecule has 0 saturated heterocycles. The smallest absolute Gasteiger partial charge is 0.354 e. The summed E-state index contributed by atoms with van der Waals surface area (Å²) in [6, 6.07) is 5.86. The molecule has 0 aliphatic rings. The Morgan fingerprint density at radius 3 is 2.53 bits per heavy atom. The van der Waals surface area contributed by atoms with Crippen LogP contribution in [0.5, 0.6) is 5.75 Å². The Bertz CT molecular complexity index is 644. The zero-order valence-corrected chi connectivity index (χ0v) is 9.85. The highest BCUT2D eigenvalue weighted by Gasteiger charge is 2.14. The number of hydrogen-bond donors (Lipinski definition) is 1. The molecule has 0 radical (unpaired) electrons. The average molecular weight is 265 g/mol. The summed E-state index contributed by atoms with van der Waals surface area (Å²) in [5.41, 5.74) is 0.167. The lowest BCUT2D eigenvalue weighted by Gasteiger charge is -2.08. The van der Waals surface area contributed by atoms with Gasteiger partial charge in [-0.05, 0) is 30.3 Å². The van der Waals surface area contributed by atoms with Gasteiger partial charge in [-0.2, -0.15) is 0 Å². The summed E-state index contributed by atoms with van der Waals surface area (Å²) in [5, 5.41) is 8.88. The first-order chi connectivity index (χ1) is 9.02. The molecule has 4 nitrogen and oxygen atoms in total. The first-order valence-corrected chi connectivity index (χ1v) is 5.26. The molecule has 19 heavy (non-hydrogen) atoms. The van der Waals surface area contributed by atoms with E-state index in [0.717, 1.165) is 12.1 Å². The van der Waals surface area contributed by atoms with E-state index in [-0.39, 0.29) is 22.7 Å². The van der Waals surface area contributed by atoms with Crippen molar-refractivity contribution in [3.05, 3.63) is 47.7 Å². The molecule has 1 aromatic carbocycles. The lowest BCUT2D eigenvalue weighted by atomic mass is 10.1. The molecule has 0 amide bonds. The predicted octanol–water partition coefficient (Wildman–Crippen LogP) is 2.73. The molecule has 0 aliphatic heterocycles. The van der Waals surface area contributed by atoms with Gasteiger partial charge < -0.3 is 9.84 Å². The highest BCUT2D eigenvalue weighted by Crippen LogP contribution is 2.29. The maximum absolute atomic E-state index is 13.2. The van der Waals surface area contributed by atoms with Crippen LogP contribution in [0.4, 0.5) is 8.78 Å². The number of ether oxygens (including phenoxy) is 1. The van der Waals surface area contributed by atoms with Gasteiger partial charge in [0.1, 0.15) is 17.1 Å². The molecule has 1 heterocycles. The average Bonchev–Trinajstić information content (AvgIpc) is 2.41. The Morgan fingerprint density at radius 2 is 1.95 bits per heavy atom. The third kappa shape index (κ3) is 2.52. The molecule has 1 aromatic heterocycles. The van der Waals surface area contributed by atoms with Crippen molar-refractivity contribution in [2.24, 2.45) is 0 Å². The number of nitrogens with zero attached hydrogens (tertiary/aromatic N) is 1. The van der Waals surface area contributed by atoms with Gasteiger partial charge in [0, 0.05) is 5.56 Å². The molecule has 0 spiro atoms. The Labute approximate surface area is 107 Å². The van der Waals surface area contributed by atoms with Gasteiger partial charge in [-0.15, -0.1) is 0 Å². The van der Waals surface area contributed by atoms with E-state index in [1.807, 2.05) is 0 Å². The summed E-state index contributed by atoms with van der Waals surface area (Å²) in [4.78, 5) is 14.7. The van der Waals surface area contributed by atoms with Crippen LogP contribution < -0.4 is 4.74 Å². The number of aromatic nitrogens is 1. The van der Waals surface area contributed by atoms with Crippen LogP contribution >= 0.6 is 0 Å². The third-order valence-electron chi connectivity index (χ3n) is 2.49. The zero-order valence-electron chi connectivity index (χ0n) is 9.85. The van der Waals surface area contributed by atoms with Gasteiger partial charge in [-0.1, -0.05) is 0 Å². The molecule has 2 rings (SSSR count). The molecular weight excluding hydrogens is 256 g/mol. The van der Waals surface area contributed by atoms with Crippen molar-refractivity contribution in [1.82, 2.24) is 4.98 Å². The van der Waals surface area contributed by atoms with E-state index in [4.69, 9.17) is 9.84 Å². The van der Waals surface area contributed by atoms with Crippen LogP contribution in [-0.2, 0) is 0 Å². The van der Waals surface area contributed by atoms with Crippen LogP contribution in [0.3, 0.4) is 0 Å². The van der Waals surface area contributed by atoms with Gasteiger partial charge in [0.2, 0.25) is 0 Å². The first-order valence-electron chi connectivity index (χ1n) is 5.26. The standard InChI is InChI=1S/C13H9F2NO3/c1-19-11-5-4-10(13(17)18)16-12(11)7-2-3-8(14)9(15)6-7/h2-6H,1H3,(H,17,18). The SMILES string of the molecule is COc1ccc(C(=O)O)nc1-c1ccc(F)c(F)c1. The predicted molar refractivity (Wildman–Crippen MR) is 63.1 cm³/mol. The number of methoxy groups -OCH3 is 1. The molecule has 0 aliphatic carbocycles. The maximum Gasteiger partial charge on any atom is 0.354 e. The fourth-order valence-corrected chi connectivity index (χ4v) is 1.58. The van der Waals surface area contributed by atoms with Crippen LogP contribution in [0, 0.1) is 11.6 Å². The molecule has 2 aromatic rings. The second-order valence-electron chi connectivity index (χ2n) is 3.68. The monoisotopic (exact) mass is 265 g/mol. The number of hydrogen-bond acceptors (Lipinski definition) is 3. The molecule has 0 fully saturated rings. The number of carbonyl (C=O) groups is 1. The number of carboxylic acids is 1. The minimum Gasteiger partial charge on any atom is -0.494 e. The van der Waals surface area contributed by atoms with E-state index in [1.165, 1.54) is 25.3 Å². The van der Waals surface area contributed by atoms with Gasteiger partial charge in [0.25, 0.3) is 0 Å². The minimum absolute atomic E-state index is 0.140. The topological polar surface area (TPSA) is 59.4 Å². The highest BCUT2D eigenvalue weighted by molar-refractivity contribution is 5.86. The number of halogens is 2. The Hall–Kier alpha value is -2.50. The van der Waals surface area contributed by atoms with Gasteiger partial charge in [0.05, 0.1) is 7.11 Å². The fourth-order valence-electron chi connectivity index (χ4n) is 1.58. The quantitative estimate of drug-likeness (QED) is 0.927. The van der Waals surface area contributed by atoms with Crippen molar-refractivity contribution in [2.45, 2.75) is 0 Å². The Kier molecular flexibility index (Phi) is 3.41. The van der Waals surface area contributed by atoms with Gasteiger partial charge in [-0.25, -0.2) is 18.6 Å². The number of aromatic carboxylic acids is 1. The number of carboxylic acid groups (broad SMARTS) is 1. The Balaban J connectivity index is 2.61. The van der Waals surface area contributed by atoms with Crippen molar-refractivity contribution < 1.29 is 23.4 Å². The molecular formula is C13H9F2NO3. The molecule has 98 valence electrons. The van der Waals surface area contributed by atoms with Crippen molar-refractivity contribution >= 4 is 5.97 Å². The molecule has 1 N–H and O–H groups in total. The van der Waals surface area contributed by atoms with Crippen molar-refractivity contribution in [2.75, 3.05) is 7.11 Å². The number of pyridine rings is 1. The van der Waals surface area contributed by atoms with E-state index >= 15 is 0 Å². The molecule has 6 heteroatoms. The third-order valence-corrected chi connectivity index (χ3v) is 2.49. The van der Waals surface area contributed by atoms with Gasteiger partial charge in [-0.3, -0.25) is 0 Å². The van der Waals surface area contributed by atoms with E-state index in [9.17, 15) is 13.6 Å². The summed E-state index contributed by atoms with van der Waals surface area (Å²) in [6.45, 7) is 0. The summed E-state index contributed by atoms with van der Waals surface area (Å²) >= 11 is 0. The van der Waals surface area contributed by atoms with Crippen molar-refractivity contribution in [3.63, 3.8) is 0 Å². The largest absolute Gasteiger partial charge is 0.494 e. The van der Waals surface area contributed by atoms with Crippen LogP contribution in [-0.4, -0.2) is 23.2 Å². The van der Waals surface area contributed by atoms with Crippen LogP contribution in [0.2, 0.25) is 0 Å². The summed E-state index contributed by atoms with van der Waals surface area (Å²) in [6.07, 6.45) is 0. The van der Waals surface area contributed by atoms with Crippen LogP contribution in [0.1, 0.15) is 10.5 Å². The number of benzene rings is 1. The lowest BCUT2D eigenvalue weighted by molar-refractivity contribution is 0.0690. The first kappa shape index (κ1) is 12.9. The lowest BCUT2D eigenvalue weighted by Crippen LogP contribution is -2.02. The van der Waals surface area contributed by atoms with E-state index in [1.54, 1.807) is 0 Å². The highest BCUT2D eigenvalue weighted by atomic mass is 19.2. The van der Waals surface area contributed by atoms with Crippen molar-refractivity contribution in [1.29, 1.82) is 0 Å². The van der Waals surface area contributed by atoms with E-state index in [2.05, 4.69) is 4.98 Å². The minimum atomic E-state index is -1.22. The Morgan fingerprint density at radius 1 is 1.21 bits per heavy atom. The van der Waals surface area contributed by atoms with Crippen molar-refractivity contribution in [3.8, 4) is 17.0 Å². The normalized spacial score (nSPS) is 10.3. The number of rotatable bonds is 3. The second-order valence-corrected chi connectivity index (χ2v) is 3.68. The summed E-state index contributed by atoms with van der Waals surface area (Å²) in [7, 11) is 1.38. The van der Waals surface area contributed by atoms with Crippen LogP contribution in [0.25, 0.3) is 11.3 Å². The van der Waals surface area contributed by atoms with Crippen LogP contribution in [0.15, 0.2) is 30.3 Å². The van der Waals surface area contributed by atoms with E-state index < -0.39 is 17.6 Å². The van der Waals surface area contributed by atoms with Gasteiger partial charge >= 0.3 is 5.97 Å². The van der Waals surface area contributed by atoms with E-state index in [0.29, 0.717) is 0 Å². The molecule has 0 saturated carbocycles. The summed E-state index contributed by atoms with van der Waals surface area (Å²) in [5.74, 6) is -2.97. The molecule has 0 atom stereocenters.